The van der Waals surface area contributed by atoms with Gasteiger partial charge in [-0.3, -0.25) is 14.0 Å². The molecule has 3 aromatic heterocycles. The number of aryl methyl sites for hydroxylation is 2. The maximum Gasteiger partial charge on any atom is 0.243 e. The van der Waals surface area contributed by atoms with Crippen LogP contribution in [0.5, 0.6) is 11.5 Å². The number of para-hydroxylation sites is 1. The van der Waals surface area contributed by atoms with Crippen molar-refractivity contribution in [2.45, 2.75) is 31.9 Å². The van der Waals surface area contributed by atoms with Crippen LogP contribution >= 0.6 is 0 Å². The molecule has 36 heavy (non-hydrogen) atoms. The predicted octanol–water partition coefficient (Wildman–Crippen LogP) is 2.72. The fourth-order valence-corrected chi connectivity index (χ4v) is 4.88. The molecule has 0 aliphatic carbocycles. The highest BCUT2D eigenvalue weighted by Crippen LogP contribution is 2.37. The first-order valence-electron chi connectivity index (χ1n) is 11.1. The van der Waals surface area contributed by atoms with Crippen molar-refractivity contribution in [1.82, 2.24) is 34.5 Å². The van der Waals surface area contributed by atoms with Gasteiger partial charge >= 0.3 is 0 Å². The molecule has 0 amide bonds. The number of nitrogens with zero attached hydrogens (tertiary/aromatic N) is 7. The summed E-state index contributed by atoms with van der Waals surface area (Å²) in [5.41, 5.74) is 1.80. The number of hydrogen-bond donors (Lipinski definition) is 1. The molecule has 12 nitrogen and oxygen atoms in total. The second-order valence-corrected chi connectivity index (χ2v) is 10.4. The van der Waals surface area contributed by atoms with Crippen LogP contribution in [0.4, 0.5) is 5.95 Å². The number of rotatable bonds is 9. The van der Waals surface area contributed by atoms with Crippen LogP contribution in [0.2, 0.25) is 0 Å². The Labute approximate surface area is 209 Å². The standard InChI is InChI=1S/C23H28N8O4S/c1-14-12-24-21(25-13-14)15(2)16(3)36(32,33)29-23-27-26-22(17-10-11-30(4)28-17)31(23)20-18(34-5)8-7-9-19(20)35-6/h7-13,15-16H,1-6H3,(H,27,29)/t15-,16-/m0/s1. The lowest BCUT2D eigenvalue weighted by molar-refractivity contribution is 0.391. The Morgan fingerprint density at radius 3 is 2.19 bits per heavy atom. The average Bonchev–Trinajstić information content (AvgIpc) is 3.48. The van der Waals surface area contributed by atoms with Crippen LogP contribution in [0.3, 0.4) is 0 Å². The van der Waals surface area contributed by atoms with E-state index in [4.69, 9.17) is 9.47 Å². The van der Waals surface area contributed by atoms with Crippen molar-refractivity contribution in [3.63, 3.8) is 0 Å². The van der Waals surface area contributed by atoms with E-state index in [0.717, 1.165) is 5.56 Å². The van der Waals surface area contributed by atoms with Gasteiger partial charge in [0, 0.05) is 31.6 Å². The molecule has 13 heteroatoms. The van der Waals surface area contributed by atoms with Crippen LogP contribution in [0.1, 0.15) is 31.2 Å². The summed E-state index contributed by atoms with van der Waals surface area (Å²) in [6, 6.07) is 6.98. The number of ether oxygens (including phenoxy) is 2. The van der Waals surface area contributed by atoms with Gasteiger partial charge in [0.1, 0.15) is 28.7 Å². The SMILES string of the molecule is COc1cccc(OC)c1-n1c(NS(=O)(=O)[C@@H](C)[C@H](C)c2ncc(C)cn2)nnc1-c1ccn(C)n1. The summed E-state index contributed by atoms with van der Waals surface area (Å²) in [6.07, 6.45) is 5.08. The lowest BCUT2D eigenvalue weighted by Gasteiger charge is -2.21. The van der Waals surface area contributed by atoms with Crippen molar-refractivity contribution in [2.24, 2.45) is 7.05 Å². The number of aromatic nitrogens is 7. The predicted molar refractivity (Wildman–Crippen MR) is 134 cm³/mol. The molecular formula is C23H28N8O4S. The van der Waals surface area contributed by atoms with E-state index < -0.39 is 21.2 Å². The molecule has 3 heterocycles. The lowest BCUT2D eigenvalue weighted by Crippen LogP contribution is -2.31. The highest BCUT2D eigenvalue weighted by Gasteiger charge is 2.32. The van der Waals surface area contributed by atoms with Crippen molar-refractivity contribution in [3.05, 3.63) is 54.2 Å². The molecule has 1 aromatic carbocycles. The third-order valence-corrected chi connectivity index (χ3v) is 7.72. The Morgan fingerprint density at radius 2 is 1.64 bits per heavy atom. The number of anilines is 1. The lowest BCUT2D eigenvalue weighted by atomic mass is 10.1. The molecule has 0 saturated carbocycles. The summed E-state index contributed by atoms with van der Waals surface area (Å²) in [5.74, 6) is 1.07. The first-order valence-corrected chi connectivity index (χ1v) is 12.7. The van der Waals surface area contributed by atoms with Crippen LogP contribution in [0.25, 0.3) is 17.2 Å². The van der Waals surface area contributed by atoms with E-state index in [1.54, 1.807) is 68.4 Å². The van der Waals surface area contributed by atoms with E-state index in [9.17, 15) is 8.42 Å². The Kier molecular flexibility index (Phi) is 6.93. The van der Waals surface area contributed by atoms with Gasteiger partial charge in [-0.25, -0.2) is 18.4 Å². The average molecular weight is 513 g/mol. The number of methoxy groups -OCH3 is 2. The molecule has 1 N–H and O–H groups in total. The van der Waals surface area contributed by atoms with Crippen molar-refractivity contribution < 1.29 is 17.9 Å². The molecule has 0 bridgehead atoms. The summed E-state index contributed by atoms with van der Waals surface area (Å²) < 4.78 is 43.9. The second kappa shape index (κ2) is 9.93. The fraction of sp³-hybridized carbons (Fsp3) is 0.348. The second-order valence-electron chi connectivity index (χ2n) is 8.33. The summed E-state index contributed by atoms with van der Waals surface area (Å²) in [7, 11) is 0.831. The van der Waals surface area contributed by atoms with E-state index in [-0.39, 0.29) is 5.95 Å². The summed E-state index contributed by atoms with van der Waals surface area (Å²) in [4.78, 5) is 8.59. The molecule has 0 aliphatic heterocycles. The molecule has 4 rings (SSSR count). The Hall–Kier alpha value is -4.00. The quantitative estimate of drug-likeness (QED) is 0.358. The van der Waals surface area contributed by atoms with E-state index >= 15 is 0 Å². The van der Waals surface area contributed by atoms with E-state index in [0.29, 0.717) is 34.5 Å². The van der Waals surface area contributed by atoms with E-state index in [1.807, 2.05) is 6.92 Å². The minimum Gasteiger partial charge on any atom is -0.494 e. The zero-order valence-corrected chi connectivity index (χ0v) is 21.7. The monoisotopic (exact) mass is 512 g/mol. The van der Waals surface area contributed by atoms with Gasteiger partial charge in [-0.15, -0.1) is 10.2 Å². The molecule has 2 atom stereocenters. The van der Waals surface area contributed by atoms with Gasteiger partial charge in [-0.1, -0.05) is 13.0 Å². The van der Waals surface area contributed by atoms with Gasteiger partial charge in [-0.05, 0) is 37.6 Å². The highest BCUT2D eigenvalue weighted by molar-refractivity contribution is 7.93. The molecule has 0 unspecified atom stereocenters. The molecule has 0 saturated heterocycles. The van der Waals surface area contributed by atoms with Gasteiger partial charge in [-0.2, -0.15) is 5.10 Å². The Morgan fingerprint density at radius 1 is 1.00 bits per heavy atom. The summed E-state index contributed by atoms with van der Waals surface area (Å²) in [5, 5.41) is 12.0. The fourth-order valence-electron chi connectivity index (χ4n) is 3.65. The van der Waals surface area contributed by atoms with Gasteiger partial charge in [0.25, 0.3) is 0 Å². The Bertz CT molecular complexity index is 1440. The van der Waals surface area contributed by atoms with Crippen molar-refractivity contribution in [1.29, 1.82) is 0 Å². The Balaban J connectivity index is 1.81. The maximum absolute atomic E-state index is 13.5. The van der Waals surface area contributed by atoms with Crippen LogP contribution < -0.4 is 14.2 Å². The number of hydrogen-bond acceptors (Lipinski definition) is 9. The van der Waals surface area contributed by atoms with Gasteiger partial charge in [0.15, 0.2) is 5.82 Å². The molecular weight excluding hydrogens is 484 g/mol. The van der Waals surface area contributed by atoms with Gasteiger partial charge in [0.05, 0.1) is 19.5 Å². The smallest absolute Gasteiger partial charge is 0.243 e. The van der Waals surface area contributed by atoms with E-state index in [1.165, 1.54) is 18.8 Å². The minimum atomic E-state index is -3.96. The van der Waals surface area contributed by atoms with Crippen LogP contribution in [0, 0.1) is 6.92 Å². The maximum atomic E-state index is 13.5. The molecule has 0 aliphatic rings. The van der Waals surface area contributed by atoms with Crippen molar-refractivity contribution in [3.8, 4) is 28.7 Å². The number of nitrogens with one attached hydrogen (secondary N) is 1. The third-order valence-electron chi connectivity index (χ3n) is 5.87. The molecule has 190 valence electrons. The van der Waals surface area contributed by atoms with Crippen molar-refractivity contribution in [2.75, 3.05) is 18.9 Å². The number of benzene rings is 1. The topological polar surface area (TPSA) is 139 Å². The number of sulfonamides is 1. The molecule has 4 aromatic rings. The highest BCUT2D eigenvalue weighted by atomic mass is 32.2. The third kappa shape index (κ3) is 4.73. The summed E-state index contributed by atoms with van der Waals surface area (Å²) >= 11 is 0. The van der Waals surface area contributed by atoms with E-state index in [2.05, 4.69) is 30.0 Å². The van der Waals surface area contributed by atoms with Crippen molar-refractivity contribution >= 4 is 16.0 Å². The summed E-state index contributed by atoms with van der Waals surface area (Å²) in [6.45, 7) is 5.23. The van der Waals surface area contributed by atoms with Gasteiger partial charge in [0.2, 0.25) is 16.0 Å². The van der Waals surface area contributed by atoms with Gasteiger partial charge < -0.3 is 9.47 Å². The normalized spacial score (nSPS) is 13.3. The molecule has 0 fully saturated rings. The minimum absolute atomic E-state index is 0.0395. The van der Waals surface area contributed by atoms with Crippen LogP contribution in [-0.4, -0.2) is 62.4 Å². The molecule has 0 radical (unpaired) electrons. The molecule has 0 spiro atoms. The first-order chi connectivity index (χ1) is 17.2. The van der Waals surface area contributed by atoms with Crippen LogP contribution in [0.15, 0.2) is 42.9 Å². The largest absolute Gasteiger partial charge is 0.494 e. The zero-order valence-electron chi connectivity index (χ0n) is 20.9. The van der Waals surface area contributed by atoms with Crippen LogP contribution in [-0.2, 0) is 17.1 Å². The zero-order chi connectivity index (χ0) is 26.0. The first kappa shape index (κ1) is 25.1.